The molecule has 402 valence electrons. The van der Waals surface area contributed by atoms with Crippen molar-refractivity contribution in [2.75, 3.05) is 13.2 Å². The highest BCUT2D eigenvalue weighted by Gasteiger charge is 2.19. The number of allylic oxidation sites excluding steroid dienone is 14. The summed E-state index contributed by atoms with van der Waals surface area (Å²) in [5.74, 6) is -0.895. The number of ether oxygens (including phenoxy) is 3. The number of unbranched alkanes of at least 4 members (excludes halogenated alkanes) is 28. The SMILES string of the molecule is CC/C=C\C/C=C\C/C=C\C/C=C\CCCCCCCCCCCCC(=O)OCC(COC(=O)CCCCCCCCCCCCCCCC)OC(=O)CCCCCCC/C=C\C/C=C\C/C=C\CC. The van der Waals surface area contributed by atoms with Crippen LogP contribution in [0.15, 0.2) is 85.1 Å². The van der Waals surface area contributed by atoms with E-state index >= 15 is 0 Å². The lowest BCUT2D eigenvalue weighted by Crippen LogP contribution is -2.30. The van der Waals surface area contributed by atoms with Gasteiger partial charge in [-0.05, 0) is 89.9 Å². The minimum Gasteiger partial charge on any atom is -0.462 e. The highest BCUT2D eigenvalue weighted by molar-refractivity contribution is 5.71. The van der Waals surface area contributed by atoms with E-state index in [1.54, 1.807) is 0 Å². The zero-order valence-electron chi connectivity index (χ0n) is 46.0. The summed E-state index contributed by atoms with van der Waals surface area (Å²) in [6.07, 6.45) is 75.7. The van der Waals surface area contributed by atoms with Crippen molar-refractivity contribution in [2.45, 2.75) is 290 Å². The summed E-state index contributed by atoms with van der Waals surface area (Å²) in [4.78, 5) is 38.2. The van der Waals surface area contributed by atoms with Gasteiger partial charge in [0.2, 0.25) is 0 Å². The smallest absolute Gasteiger partial charge is 0.306 e. The lowest BCUT2D eigenvalue weighted by molar-refractivity contribution is -0.167. The molecule has 0 aliphatic rings. The number of carbonyl (C=O) groups is 3. The average molecular weight is 976 g/mol. The summed E-state index contributed by atoms with van der Waals surface area (Å²) >= 11 is 0. The molecule has 0 aromatic heterocycles. The second kappa shape index (κ2) is 58.2. The van der Waals surface area contributed by atoms with E-state index in [1.165, 1.54) is 122 Å². The van der Waals surface area contributed by atoms with Crippen molar-refractivity contribution in [1.82, 2.24) is 0 Å². The molecular formula is C64H110O6. The average Bonchev–Trinajstić information content (AvgIpc) is 3.36. The summed E-state index contributed by atoms with van der Waals surface area (Å²) in [5.41, 5.74) is 0. The van der Waals surface area contributed by atoms with Gasteiger partial charge in [-0.15, -0.1) is 0 Å². The third-order valence-corrected chi connectivity index (χ3v) is 12.6. The zero-order valence-corrected chi connectivity index (χ0v) is 46.0. The van der Waals surface area contributed by atoms with Gasteiger partial charge >= 0.3 is 17.9 Å². The molecule has 0 aromatic rings. The molecule has 1 unspecified atom stereocenters. The van der Waals surface area contributed by atoms with E-state index < -0.39 is 6.10 Å². The Balaban J connectivity index is 4.34. The molecule has 6 heteroatoms. The van der Waals surface area contributed by atoms with Gasteiger partial charge in [0.1, 0.15) is 13.2 Å². The quantitative estimate of drug-likeness (QED) is 0.0261. The molecule has 0 radical (unpaired) electrons. The van der Waals surface area contributed by atoms with Crippen molar-refractivity contribution >= 4 is 17.9 Å². The van der Waals surface area contributed by atoms with Crippen LogP contribution in [0.4, 0.5) is 0 Å². The molecule has 0 spiro atoms. The monoisotopic (exact) mass is 975 g/mol. The predicted molar refractivity (Wildman–Crippen MR) is 302 cm³/mol. The molecule has 0 bridgehead atoms. The summed E-state index contributed by atoms with van der Waals surface area (Å²) in [6.45, 7) is 6.42. The molecule has 0 fully saturated rings. The van der Waals surface area contributed by atoms with Crippen LogP contribution in [0.2, 0.25) is 0 Å². The van der Waals surface area contributed by atoms with Gasteiger partial charge in [-0.3, -0.25) is 14.4 Å². The summed E-state index contributed by atoms with van der Waals surface area (Å²) in [7, 11) is 0. The standard InChI is InChI=1S/C64H110O6/c1-4-7-10-13-16-19-22-25-28-29-30-31-32-33-34-35-37-39-42-45-48-51-54-57-63(66)69-60-61(59-68-62(65)56-53-50-47-44-41-38-27-24-21-18-15-12-9-6-3)70-64(67)58-55-52-49-46-43-40-36-26-23-20-17-14-11-8-5-2/h7-8,10-11,16-17,19-20,25-26,28,30-31,36,61H,4-6,9,12-15,18,21-24,27,29,32-35,37-60H2,1-3H3/b10-7-,11-8-,19-16-,20-17-,28-25-,31-30-,36-26-. The van der Waals surface area contributed by atoms with Gasteiger partial charge in [0, 0.05) is 19.3 Å². The predicted octanol–water partition coefficient (Wildman–Crippen LogP) is 19.9. The topological polar surface area (TPSA) is 78.9 Å². The number of rotatable bonds is 53. The van der Waals surface area contributed by atoms with Crippen LogP contribution in [0.3, 0.4) is 0 Å². The van der Waals surface area contributed by atoms with Crippen LogP contribution in [-0.4, -0.2) is 37.2 Å². The molecule has 0 saturated heterocycles. The van der Waals surface area contributed by atoms with E-state index in [0.29, 0.717) is 19.3 Å². The Morgan fingerprint density at radius 1 is 0.300 bits per heavy atom. The maximum atomic E-state index is 12.9. The summed E-state index contributed by atoms with van der Waals surface area (Å²) in [5, 5.41) is 0. The third-order valence-electron chi connectivity index (χ3n) is 12.6. The van der Waals surface area contributed by atoms with Crippen molar-refractivity contribution in [2.24, 2.45) is 0 Å². The number of esters is 3. The highest BCUT2D eigenvalue weighted by atomic mass is 16.6. The van der Waals surface area contributed by atoms with Crippen molar-refractivity contribution in [3.05, 3.63) is 85.1 Å². The normalized spacial score (nSPS) is 12.7. The Morgan fingerprint density at radius 2 is 0.557 bits per heavy atom. The third kappa shape index (κ3) is 55.5. The first-order chi connectivity index (χ1) is 34.5. The Kier molecular flexibility index (Phi) is 55.3. The van der Waals surface area contributed by atoms with Crippen LogP contribution in [0.25, 0.3) is 0 Å². The molecule has 0 amide bonds. The highest BCUT2D eigenvalue weighted by Crippen LogP contribution is 2.16. The van der Waals surface area contributed by atoms with E-state index in [0.717, 1.165) is 122 Å². The minimum atomic E-state index is -0.786. The van der Waals surface area contributed by atoms with E-state index in [1.807, 2.05) is 0 Å². The fraction of sp³-hybridized carbons (Fsp3) is 0.734. The van der Waals surface area contributed by atoms with Crippen LogP contribution in [0.1, 0.15) is 284 Å². The first-order valence-electron chi connectivity index (χ1n) is 29.6. The Bertz CT molecular complexity index is 1350. The fourth-order valence-corrected chi connectivity index (χ4v) is 8.27. The van der Waals surface area contributed by atoms with Crippen LogP contribution >= 0.6 is 0 Å². The van der Waals surface area contributed by atoms with Crippen molar-refractivity contribution < 1.29 is 28.6 Å². The molecule has 6 nitrogen and oxygen atoms in total. The largest absolute Gasteiger partial charge is 0.462 e. The molecule has 1 atom stereocenters. The van der Waals surface area contributed by atoms with Crippen molar-refractivity contribution in [3.63, 3.8) is 0 Å². The molecule has 0 rings (SSSR count). The molecule has 0 aliphatic carbocycles. The van der Waals surface area contributed by atoms with Gasteiger partial charge in [-0.25, -0.2) is 0 Å². The number of carbonyl (C=O) groups excluding carboxylic acids is 3. The van der Waals surface area contributed by atoms with Crippen molar-refractivity contribution in [3.8, 4) is 0 Å². The molecular weight excluding hydrogens is 865 g/mol. The Hall–Kier alpha value is -3.41. The first-order valence-corrected chi connectivity index (χ1v) is 29.6. The summed E-state index contributed by atoms with van der Waals surface area (Å²) < 4.78 is 16.9. The van der Waals surface area contributed by atoms with Gasteiger partial charge in [0.25, 0.3) is 0 Å². The lowest BCUT2D eigenvalue weighted by atomic mass is 10.0. The molecule has 0 N–H and O–H groups in total. The summed E-state index contributed by atoms with van der Waals surface area (Å²) in [6, 6.07) is 0. The fourth-order valence-electron chi connectivity index (χ4n) is 8.27. The van der Waals surface area contributed by atoms with Crippen LogP contribution in [0.5, 0.6) is 0 Å². The Labute approximate surface area is 433 Å². The van der Waals surface area contributed by atoms with Gasteiger partial charge in [0.15, 0.2) is 6.10 Å². The minimum absolute atomic E-state index is 0.0824. The van der Waals surface area contributed by atoms with Crippen LogP contribution in [-0.2, 0) is 28.6 Å². The second-order valence-corrected chi connectivity index (χ2v) is 19.5. The van der Waals surface area contributed by atoms with Crippen LogP contribution in [0, 0.1) is 0 Å². The van der Waals surface area contributed by atoms with E-state index in [2.05, 4.69) is 106 Å². The first kappa shape index (κ1) is 66.6. The maximum absolute atomic E-state index is 12.9. The molecule has 0 aromatic carbocycles. The number of hydrogen-bond donors (Lipinski definition) is 0. The second-order valence-electron chi connectivity index (χ2n) is 19.5. The molecule has 0 heterocycles. The van der Waals surface area contributed by atoms with Gasteiger partial charge in [-0.1, -0.05) is 260 Å². The number of hydrogen-bond acceptors (Lipinski definition) is 6. The Morgan fingerprint density at radius 3 is 0.871 bits per heavy atom. The van der Waals surface area contributed by atoms with E-state index in [-0.39, 0.29) is 31.1 Å². The van der Waals surface area contributed by atoms with Gasteiger partial charge < -0.3 is 14.2 Å². The van der Waals surface area contributed by atoms with Gasteiger partial charge in [0.05, 0.1) is 0 Å². The lowest BCUT2D eigenvalue weighted by Gasteiger charge is -2.18. The molecule has 0 saturated carbocycles. The van der Waals surface area contributed by atoms with Gasteiger partial charge in [-0.2, -0.15) is 0 Å². The molecule has 70 heavy (non-hydrogen) atoms. The molecule has 0 aliphatic heterocycles. The van der Waals surface area contributed by atoms with Crippen LogP contribution < -0.4 is 0 Å². The maximum Gasteiger partial charge on any atom is 0.306 e. The van der Waals surface area contributed by atoms with E-state index in [9.17, 15) is 14.4 Å². The van der Waals surface area contributed by atoms with E-state index in [4.69, 9.17) is 14.2 Å². The van der Waals surface area contributed by atoms with Crippen molar-refractivity contribution in [1.29, 1.82) is 0 Å². The zero-order chi connectivity index (χ0) is 50.7.